The lowest BCUT2D eigenvalue weighted by Crippen LogP contribution is -2.12. The fraction of sp³-hybridized carbons (Fsp3) is 0.273. The fourth-order valence-corrected chi connectivity index (χ4v) is 1.47. The molecule has 0 aliphatic heterocycles. The molecular weight excluding hydrogens is 236 g/mol. The summed E-state index contributed by atoms with van der Waals surface area (Å²) in [4.78, 5) is 14.6. The first-order valence-electron chi connectivity index (χ1n) is 5.38. The van der Waals surface area contributed by atoms with Crippen LogP contribution in [0.3, 0.4) is 0 Å². The van der Waals surface area contributed by atoms with E-state index in [0.29, 0.717) is 11.5 Å². The smallest absolute Gasteiger partial charge is 0.280 e. The molecule has 0 bridgehead atoms. The van der Waals surface area contributed by atoms with E-state index in [2.05, 4.69) is 15.5 Å². The third-order valence-corrected chi connectivity index (χ3v) is 2.59. The molecule has 1 heterocycles. The Morgan fingerprint density at radius 2 is 2.17 bits per heavy atom. The molecule has 7 nitrogen and oxygen atoms in total. The first-order valence-corrected chi connectivity index (χ1v) is 5.38. The quantitative estimate of drug-likeness (QED) is 0.656. The molecule has 1 aromatic heterocycles. The van der Waals surface area contributed by atoms with Crippen molar-refractivity contribution >= 4 is 5.69 Å². The molecular formula is C11H12N4O3. The number of nitrogens with zero attached hydrogens (tertiary/aromatic N) is 3. The normalized spacial score (nSPS) is 12.3. The van der Waals surface area contributed by atoms with Gasteiger partial charge in [-0.2, -0.15) is 4.98 Å². The Bertz CT molecular complexity index is 567. The lowest BCUT2D eigenvalue weighted by molar-refractivity contribution is -0.384. The van der Waals surface area contributed by atoms with Gasteiger partial charge in [-0.05, 0) is 20.0 Å². The average Bonchev–Trinajstić information content (AvgIpc) is 2.87. The highest BCUT2D eigenvalue weighted by atomic mass is 16.6. The summed E-state index contributed by atoms with van der Waals surface area (Å²) >= 11 is 0. The van der Waals surface area contributed by atoms with Crippen LogP contribution in [0.4, 0.5) is 5.69 Å². The van der Waals surface area contributed by atoms with Crippen molar-refractivity contribution in [2.75, 3.05) is 7.05 Å². The van der Waals surface area contributed by atoms with Crippen molar-refractivity contribution in [3.63, 3.8) is 0 Å². The maximum Gasteiger partial charge on any atom is 0.280 e. The minimum atomic E-state index is -0.465. The Morgan fingerprint density at radius 1 is 1.44 bits per heavy atom. The van der Waals surface area contributed by atoms with Crippen molar-refractivity contribution in [1.29, 1.82) is 0 Å². The summed E-state index contributed by atoms with van der Waals surface area (Å²) in [6, 6.07) is 6.19. The summed E-state index contributed by atoms with van der Waals surface area (Å²) in [6.45, 7) is 1.86. The molecule has 0 radical (unpaired) electrons. The Morgan fingerprint density at radius 3 is 2.83 bits per heavy atom. The van der Waals surface area contributed by atoms with Crippen molar-refractivity contribution in [1.82, 2.24) is 15.5 Å². The van der Waals surface area contributed by atoms with Crippen molar-refractivity contribution in [3.05, 3.63) is 40.3 Å². The summed E-state index contributed by atoms with van der Waals surface area (Å²) in [7, 11) is 1.76. The molecule has 18 heavy (non-hydrogen) atoms. The van der Waals surface area contributed by atoms with E-state index < -0.39 is 4.92 Å². The molecule has 94 valence electrons. The maximum absolute atomic E-state index is 10.9. The van der Waals surface area contributed by atoms with Gasteiger partial charge in [0.15, 0.2) is 0 Å². The lowest BCUT2D eigenvalue weighted by Gasteiger charge is -2.01. The molecule has 0 fully saturated rings. The second kappa shape index (κ2) is 4.92. The van der Waals surface area contributed by atoms with Crippen molar-refractivity contribution < 1.29 is 9.45 Å². The molecule has 0 aliphatic carbocycles. The van der Waals surface area contributed by atoms with E-state index in [9.17, 15) is 10.1 Å². The first kappa shape index (κ1) is 12.2. The Balaban J connectivity index is 2.43. The largest absolute Gasteiger partial charge is 0.337 e. The summed E-state index contributed by atoms with van der Waals surface area (Å²) in [5.41, 5.74) is 0.308. The number of benzene rings is 1. The van der Waals surface area contributed by atoms with Gasteiger partial charge in [-0.1, -0.05) is 17.3 Å². The van der Waals surface area contributed by atoms with Crippen molar-refractivity contribution in [2.24, 2.45) is 0 Å². The Kier molecular flexibility index (Phi) is 3.33. The number of nitro benzene ring substituents is 1. The van der Waals surface area contributed by atoms with Crippen LogP contribution in [0.15, 0.2) is 28.8 Å². The number of hydrogen-bond acceptors (Lipinski definition) is 6. The zero-order valence-electron chi connectivity index (χ0n) is 9.95. The minimum Gasteiger partial charge on any atom is -0.337 e. The SMILES string of the molecule is CNC(C)c1nc(-c2ccccc2[N+](=O)[O-])no1. The summed E-state index contributed by atoms with van der Waals surface area (Å²) in [6.07, 6.45) is 0. The number of nitro groups is 1. The van der Waals surface area contributed by atoms with Crippen LogP contribution in [-0.2, 0) is 0 Å². The first-order chi connectivity index (χ1) is 8.63. The van der Waals surface area contributed by atoms with Gasteiger partial charge in [0, 0.05) is 6.07 Å². The predicted octanol–water partition coefficient (Wildman–Crippen LogP) is 1.93. The van der Waals surface area contributed by atoms with Gasteiger partial charge in [0.1, 0.15) is 5.56 Å². The zero-order chi connectivity index (χ0) is 13.1. The number of rotatable bonds is 4. The zero-order valence-corrected chi connectivity index (χ0v) is 9.95. The average molecular weight is 248 g/mol. The van der Waals surface area contributed by atoms with Crippen LogP contribution in [0, 0.1) is 10.1 Å². The molecule has 0 saturated heterocycles. The number of nitrogens with one attached hydrogen (secondary N) is 1. The fourth-order valence-electron chi connectivity index (χ4n) is 1.47. The lowest BCUT2D eigenvalue weighted by atomic mass is 10.2. The molecule has 7 heteroatoms. The van der Waals surface area contributed by atoms with E-state index in [-0.39, 0.29) is 17.6 Å². The van der Waals surface area contributed by atoms with Crippen molar-refractivity contribution in [2.45, 2.75) is 13.0 Å². The molecule has 2 aromatic rings. The van der Waals surface area contributed by atoms with Crippen LogP contribution >= 0.6 is 0 Å². The van der Waals surface area contributed by atoms with E-state index >= 15 is 0 Å². The molecule has 0 saturated carbocycles. The van der Waals surface area contributed by atoms with Gasteiger partial charge >= 0.3 is 0 Å². The second-order valence-electron chi connectivity index (χ2n) is 3.74. The van der Waals surface area contributed by atoms with Crippen LogP contribution in [0.1, 0.15) is 18.9 Å². The van der Waals surface area contributed by atoms with Crippen LogP contribution in [-0.4, -0.2) is 22.1 Å². The molecule has 1 aromatic carbocycles. The highest BCUT2D eigenvalue weighted by Gasteiger charge is 2.20. The van der Waals surface area contributed by atoms with Gasteiger partial charge in [-0.15, -0.1) is 0 Å². The van der Waals surface area contributed by atoms with E-state index in [0.717, 1.165) is 0 Å². The van der Waals surface area contributed by atoms with Gasteiger partial charge in [-0.3, -0.25) is 10.1 Å². The molecule has 1 N–H and O–H groups in total. The van der Waals surface area contributed by atoms with Crippen molar-refractivity contribution in [3.8, 4) is 11.4 Å². The highest BCUT2D eigenvalue weighted by molar-refractivity contribution is 5.67. The summed E-state index contributed by atoms with van der Waals surface area (Å²) < 4.78 is 5.06. The third-order valence-electron chi connectivity index (χ3n) is 2.59. The van der Waals surface area contributed by atoms with E-state index in [1.165, 1.54) is 6.07 Å². The van der Waals surface area contributed by atoms with Gasteiger partial charge < -0.3 is 9.84 Å². The predicted molar refractivity (Wildman–Crippen MR) is 63.9 cm³/mol. The summed E-state index contributed by atoms with van der Waals surface area (Å²) in [5, 5.41) is 17.6. The molecule has 1 atom stereocenters. The molecule has 0 amide bonds. The summed E-state index contributed by atoms with van der Waals surface area (Å²) in [5.74, 6) is 0.616. The van der Waals surface area contributed by atoms with E-state index in [1.807, 2.05) is 6.92 Å². The van der Waals surface area contributed by atoms with Crippen LogP contribution in [0.5, 0.6) is 0 Å². The maximum atomic E-state index is 10.9. The second-order valence-corrected chi connectivity index (χ2v) is 3.74. The standard InChI is InChI=1S/C11H12N4O3/c1-7(12-2)11-13-10(14-18-11)8-5-3-4-6-9(8)15(16)17/h3-7,12H,1-2H3. The molecule has 0 spiro atoms. The number of hydrogen-bond donors (Lipinski definition) is 1. The van der Waals surface area contributed by atoms with E-state index in [4.69, 9.17) is 4.52 Å². The van der Waals surface area contributed by atoms with Gasteiger partial charge in [0.05, 0.1) is 11.0 Å². The van der Waals surface area contributed by atoms with Crippen LogP contribution in [0.2, 0.25) is 0 Å². The van der Waals surface area contributed by atoms with Crippen LogP contribution in [0.25, 0.3) is 11.4 Å². The number of aromatic nitrogens is 2. The third kappa shape index (κ3) is 2.21. The Hall–Kier alpha value is -2.28. The molecule has 2 rings (SSSR count). The molecule has 0 aliphatic rings. The van der Waals surface area contributed by atoms with Gasteiger partial charge in [0.2, 0.25) is 11.7 Å². The van der Waals surface area contributed by atoms with Crippen LogP contribution < -0.4 is 5.32 Å². The number of para-hydroxylation sites is 1. The topological polar surface area (TPSA) is 94.1 Å². The monoisotopic (exact) mass is 248 g/mol. The van der Waals surface area contributed by atoms with Gasteiger partial charge in [-0.25, -0.2) is 0 Å². The minimum absolute atomic E-state index is 0.0399. The Labute approximate surface area is 103 Å². The van der Waals surface area contributed by atoms with E-state index in [1.54, 1.807) is 25.2 Å². The van der Waals surface area contributed by atoms with Gasteiger partial charge in [0.25, 0.3) is 5.69 Å². The molecule has 1 unspecified atom stereocenters. The highest BCUT2D eigenvalue weighted by Crippen LogP contribution is 2.27.